The summed E-state index contributed by atoms with van der Waals surface area (Å²) in [5, 5.41) is 10.4. The van der Waals surface area contributed by atoms with Gasteiger partial charge in [0.15, 0.2) is 0 Å². The number of nitrogens with zero attached hydrogens (tertiary/aromatic N) is 4. The number of carbonyl (C=O) groups excluding carboxylic acids is 1. The molecule has 0 saturated heterocycles. The van der Waals surface area contributed by atoms with E-state index in [0.29, 0.717) is 22.5 Å². The van der Waals surface area contributed by atoms with Crippen molar-refractivity contribution in [3.8, 4) is 0 Å². The van der Waals surface area contributed by atoms with E-state index in [1.165, 1.54) is 28.1 Å². The first kappa shape index (κ1) is 15.1. The fourth-order valence-corrected chi connectivity index (χ4v) is 2.72. The molecule has 2 N–H and O–H groups in total. The Morgan fingerprint density at radius 3 is 3.00 bits per heavy atom. The molecule has 118 valence electrons. The van der Waals surface area contributed by atoms with Gasteiger partial charge in [0.1, 0.15) is 5.82 Å². The molecule has 0 radical (unpaired) electrons. The lowest BCUT2D eigenvalue weighted by atomic mass is 10.3. The number of rotatable bonds is 5. The van der Waals surface area contributed by atoms with Crippen LogP contribution in [0.25, 0.3) is 4.96 Å². The highest BCUT2D eigenvalue weighted by Crippen LogP contribution is 2.15. The first-order valence-electron chi connectivity index (χ1n) is 6.94. The minimum absolute atomic E-state index is 0.146. The summed E-state index contributed by atoms with van der Waals surface area (Å²) in [7, 11) is 0. The summed E-state index contributed by atoms with van der Waals surface area (Å²) in [6.45, 7) is 2.26. The fourth-order valence-electron chi connectivity index (χ4n) is 1.92. The molecule has 3 heterocycles. The molecule has 3 aromatic heterocycles. The van der Waals surface area contributed by atoms with E-state index < -0.39 is 0 Å². The van der Waals surface area contributed by atoms with Gasteiger partial charge in [-0.2, -0.15) is 4.52 Å². The molecule has 0 atom stereocenters. The Balaban J connectivity index is 1.55. The van der Waals surface area contributed by atoms with E-state index in [0.717, 1.165) is 5.69 Å². The number of anilines is 2. The second-order valence-corrected chi connectivity index (χ2v) is 5.73. The average Bonchev–Trinajstić information content (AvgIpc) is 2.91. The van der Waals surface area contributed by atoms with Gasteiger partial charge in [-0.05, 0) is 19.1 Å². The number of nitrogens with one attached hydrogen (secondary N) is 2. The summed E-state index contributed by atoms with van der Waals surface area (Å²) in [5.41, 5.74) is 0.607. The number of hydrogen-bond acceptors (Lipinski definition) is 7. The van der Waals surface area contributed by atoms with Crippen molar-refractivity contribution < 1.29 is 4.79 Å². The van der Waals surface area contributed by atoms with E-state index in [1.54, 1.807) is 6.07 Å². The summed E-state index contributed by atoms with van der Waals surface area (Å²) in [6, 6.07) is 6.78. The zero-order valence-corrected chi connectivity index (χ0v) is 13.1. The number of fused-ring (bicyclic) bond motifs is 1. The quantitative estimate of drug-likeness (QED) is 0.731. The van der Waals surface area contributed by atoms with Gasteiger partial charge >= 0.3 is 0 Å². The van der Waals surface area contributed by atoms with E-state index in [4.69, 9.17) is 0 Å². The van der Waals surface area contributed by atoms with Crippen LogP contribution in [-0.4, -0.2) is 32.0 Å². The number of amides is 1. The zero-order valence-electron chi connectivity index (χ0n) is 12.3. The molecular formula is C14H14N6O2S. The predicted octanol–water partition coefficient (Wildman–Crippen LogP) is 1.30. The Bertz CT molecular complexity index is 903. The van der Waals surface area contributed by atoms with Crippen LogP contribution < -0.4 is 16.2 Å². The van der Waals surface area contributed by atoms with Crippen LogP contribution in [0, 0.1) is 6.92 Å². The van der Waals surface area contributed by atoms with Gasteiger partial charge in [0, 0.05) is 30.9 Å². The van der Waals surface area contributed by atoms with Gasteiger partial charge in [-0.15, -0.1) is 5.10 Å². The monoisotopic (exact) mass is 330 g/mol. The molecule has 3 aromatic rings. The Morgan fingerprint density at radius 2 is 2.22 bits per heavy atom. The van der Waals surface area contributed by atoms with Crippen molar-refractivity contribution in [3.63, 3.8) is 0 Å². The second-order valence-electron chi connectivity index (χ2n) is 4.77. The molecule has 0 unspecified atom stereocenters. The van der Waals surface area contributed by atoms with Gasteiger partial charge in [0.05, 0.1) is 0 Å². The molecular weight excluding hydrogens is 316 g/mol. The van der Waals surface area contributed by atoms with Crippen LogP contribution in [0.15, 0.2) is 35.3 Å². The second kappa shape index (κ2) is 6.53. The Morgan fingerprint density at radius 1 is 1.35 bits per heavy atom. The zero-order chi connectivity index (χ0) is 16.2. The van der Waals surface area contributed by atoms with Gasteiger partial charge in [-0.1, -0.05) is 17.4 Å². The average molecular weight is 330 g/mol. The number of carbonyl (C=O) groups is 1. The third-order valence-corrected chi connectivity index (χ3v) is 3.84. The lowest BCUT2D eigenvalue weighted by Gasteiger charge is -2.05. The first-order chi connectivity index (χ1) is 11.1. The van der Waals surface area contributed by atoms with Crippen LogP contribution in [0.4, 0.5) is 10.9 Å². The lowest BCUT2D eigenvalue weighted by Crippen LogP contribution is -2.17. The maximum atomic E-state index is 11.9. The van der Waals surface area contributed by atoms with E-state index in [1.807, 2.05) is 19.1 Å². The fraction of sp³-hybridized carbons (Fsp3) is 0.214. The van der Waals surface area contributed by atoms with Crippen molar-refractivity contribution >= 4 is 33.2 Å². The Kier molecular flexibility index (Phi) is 4.29. The van der Waals surface area contributed by atoms with Crippen molar-refractivity contribution in [1.29, 1.82) is 0 Å². The lowest BCUT2D eigenvalue weighted by molar-refractivity contribution is -0.116. The number of aromatic nitrogens is 4. The van der Waals surface area contributed by atoms with Crippen LogP contribution in [0.2, 0.25) is 0 Å². The maximum Gasteiger partial charge on any atom is 0.275 e. The van der Waals surface area contributed by atoms with Crippen LogP contribution in [-0.2, 0) is 4.79 Å². The molecule has 0 bridgehead atoms. The Labute approximate surface area is 135 Å². The van der Waals surface area contributed by atoms with Gasteiger partial charge in [-0.3, -0.25) is 9.59 Å². The normalized spacial score (nSPS) is 10.7. The summed E-state index contributed by atoms with van der Waals surface area (Å²) < 4.78 is 1.23. The highest BCUT2D eigenvalue weighted by Gasteiger charge is 2.07. The third kappa shape index (κ3) is 3.69. The summed E-state index contributed by atoms with van der Waals surface area (Å²) >= 11 is 1.25. The molecule has 1 amide bonds. The van der Waals surface area contributed by atoms with Gasteiger partial charge in [0.25, 0.3) is 5.56 Å². The Hall–Kier alpha value is -2.81. The SMILES string of the molecule is Cc1cccc(NC(=O)CCNc2nn3c(=O)ccnc3s2)n1. The van der Waals surface area contributed by atoms with Gasteiger partial charge in [0.2, 0.25) is 16.0 Å². The topological polar surface area (TPSA) is 101 Å². The van der Waals surface area contributed by atoms with Crippen LogP contribution in [0.1, 0.15) is 12.1 Å². The predicted molar refractivity (Wildman–Crippen MR) is 87.8 cm³/mol. The molecule has 0 aliphatic heterocycles. The highest BCUT2D eigenvalue weighted by molar-refractivity contribution is 7.20. The van der Waals surface area contributed by atoms with E-state index in [2.05, 4.69) is 25.7 Å². The molecule has 3 rings (SSSR count). The molecule has 0 spiro atoms. The van der Waals surface area contributed by atoms with E-state index >= 15 is 0 Å². The molecule has 8 nitrogen and oxygen atoms in total. The summed E-state index contributed by atoms with van der Waals surface area (Å²) in [6.07, 6.45) is 1.70. The molecule has 0 aliphatic carbocycles. The van der Waals surface area contributed by atoms with Gasteiger partial charge in [-0.25, -0.2) is 9.97 Å². The summed E-state index contributed by atoms with van der Waals surface area (Å²) in [4.78, 5) is 32.2. The largest absolute Gasteiger partial charge is 0.360 e. The van der Waals surface area contributed by atoms with E-state index in [9.17, 15) is 9.59 Å². The van der Waals surface area contributed by atoms with Crippen molar-refractivity contribution in [3.05, 3.63) is 46.5 Å². The molecule has 9 heteroatoms. The number of aryl methyl sites for hydroxylation is 1. The minimum atomic E-state index is -0.234. The van der Waals surface area contributed by atoms with Crippen LogP contribution in [0.3, 0.4) is 0 Å². The number of hydrogen-bond donors (Lipinski definition) is 2. The van der Waals surface area contributed by atoms with Crippen molar-refractivity contribution in [2.24, 2.45) is 0 Å². The molecule has 23 heavy (non-hydrogen) atoms. The third-order valence-electron chi connectivity index (χ3n) is 2.95. The first-order valence-corrected chi connectivity index (χ1v) is 7.76. The maximum absolute atomic E-state index is 11.9. The van der Waals surface area contributed by atoms with Crippen molar-refractivity contribution in [2.45, 2.75) is 13.3 Å². The minimum Gasteiger partial charge on any atom is -0.360 e. The van der Waals surface area contributed by atoms with Crippen molar-refractivity contribution in [2.75, 3.05) is 17.2 Å². The van der Waals surface area contributed by atoms with Crippen LogP contribution >= 0.6 is 11.3 Å². The standard InChI is InChI=1S/C14H14N6O2S/c1-9-3-2-4-10(17-9)18-11(21)5-7-15-13-19-20-12(22)6-8-16-14(20)23-13/h2-4,6,8H,5,7H2,1H3,(H,15,19)(H,17,18,21). The molecule has 0 aromatic carbocycles. The summed E-state index contributed by atoms with van der Waals surface area (Å²) in [5.74, 6) is 0.387. The highest BCUT2D eigenvalue weighted by atomic mass is 32.1. The smallest absolute Gasteiger partial charge is 0.275 e. The molecule has 0 fully saturated rings. The van der Waals surface area contributed by atoms with Crippen LogP contribution in [0.5, 0.6) is 0 Å². The van der Waals surface area contributed by atoms with Crippen molar-refractivity contribution in [1.82, 2.24) is 19.6 Å². The van der Waals surface area contributed by atoms with E-state index in [-0.39, 0.29) is 17.9 Å². The molecule has 0 aliphatic rings. The van der Waals surface area contributed by atoms with Gasteiger partial charge < -0.3 is 10.6 Å². The number of pyridine rings is 1. The molecule has 0 saturated carbocycles.